The lowest BCUT2D eigenvalue weighted by Gasteiger charge is -2.14. The molecule has 3 aromatic heterocycles. The van der Waals surface area contributed by atoms with Gasteiger partial charge in [0.1, 0.15) is 17.2 Å². The lowest BCUT2D eigenvalue weighted by molar-refractivity contribution is -0.112. The van der Waals surface area contributed by atoms with Gasteiger partial charge in [0.25, 0.3) is 11.8 Å². The second kappa shape index (κ2) is 12.3. The van der Waals surface area contributed by atoms with E-state index in [9.17, 15) is 14.0 Å². The molecule has 0 unspecified atom stereocenters. The number of carbonyl (C=O) groups excluding carboxylic acids is 2. The summed E-state index contributed by atoms with van der Waals surface area (Å²) in [5.74, 6) is 5.90. The summed E-state index contributed by atoms with van der Waals surface area (Å²) in [6.07, 6.45) is 4.07. The summed E-state index contributed by atoms with van der Waals surface area (Å²) in [5, 5.41) is 6.23. The van der Waals surface area contributed by atoms with Crippen LogP contribution >= 0.6 is 11.6 Å². The second-order valence-corrected chi connectivity index (χ2v) is 12.2. The summed E-state index contributed by atoms with van der Waals surface area (Å²) in [6, 6.07) is 7.28. The van der Waals surface area contributed by atoms with E-state index in [4.69, 9.17) is 17.3 Å². The topological polar surface area (TPSA) is 118 Å². The SMILES string of the molecule is C=C(C)C(=O)Nc1ccc(-c2c(-c3cnc(C(=O)NCC4(F)CC4)c(Cl)c3)c3c(N)ncc(C#CCN(C)C)c3n2C)c(C)c1. The molecular weight excluding hydrogens is 593 g/mol. The van der Waals surface area contributed by atoms with Crippen molar-refractivity contribution in [3.63, 3.8) is 0 Å². The number of benzene rings is 1. The van der Waals surface area contributed by atoms with E-state index >= 15 is 0 Å². The smallest absolute Gasteiger partial charge is 0.271 e. The van der Waals surface area contributed by atoms with Gasteiger partial charge in [0, 0.05) is 47.4 Å². The van der Waals surface area contributed by atoms with Gasteiger partial charge in [-0.1, -0.05) is 36.1 Å². The average molecular weight is 628 g/mol. The maximum Gasteiger partial charge on any atom is 0.271 e. The van der Waals surface area contributed by atoms with Crippen molar-refractivity contribution >= 4 is 45.8 Å². The van der Waals surface area contributed by atoms with Gasteiger partial charge >= 0.3 is 0 Å². The number of hydrogen-bond donors (Lipinski definition) is 3. The molecule has 1 saturated carbocycles. The first-order chi connectivity index (χ1) is 21.3. The van der Waals surface area contributed by atoms with Gasteiger partial charge in [0.05, 0.1) is 40.3 Å². The number of halogens is 2. The Bertz CT molecular complexity index is 1930. The first-order valence-electron chi connectivity index (χ1n) is 14.4. The van der Waals surface area contributed by atoms with Crippen molar-refractivity contribution in [2.45, 2.75) is 32.4 Å². The van der Waals surface area contributed by atoms with E-state index in [-0.39, 0.29) is 23.2 Å². The Hall–Kier alpha value is -4.72. The molecule has 0 aliphatic heterocycles. The van der Waals surface area contributed by atoms with Gasteiger partial charge in [-0.05, 0) is 64.5 Å². The predicted octanol–water partition coefficient (Wildman–Crippen LogP) is 5.51. The Morgan fingerprint density at radius 1 is 1.22 bits per heavy atom. The van der Waals surface area contributed by atoms with Crippen molar-refractivity contribution in [3.8, 4) is 34.2 Å². The number of nitrogen functional groups attached to an aromatic ring is 1. The summed E-state index contributed by atoms with van der Waals surface area (Å²) in [7, 11) is 5.81. The molecule has 2 amide bonds. The number of carbonyl (C=O) groups is 2. The van der Waals surface area contributed by atoms with E-state index in [0.717, 1.165) is 22.3 Å². The molecule has 1 fully saturated rings. The van der Waals surface area contributed by atoms with Gasteiger partial charge in [-0.25, -0.2) is 14.4 Å². The van der Waals surface area contributed by atoms with Crippen LogP contribution in [0.4, 0.5) is 15.9 Å². The third-order valence-electron chi connectivity index (χ3n) is 7.69. The summed E-state index contributed by atoms with van der Waals surface area (Å²) >= 11 is 6.65. The van der Waals surface area contributed by atoms with Crippen molar-refractivity contribution in [2.24, 2.45) is 7.05 Å². The fraction of sp³-hybridized carbons (Fsp3) is 0.294. The van der Waals surface area contributed by atoms with Gasteiger partial charge in [-0.15, -0.1) is 0 Å². The highest BCUT2D eigenvalue weighted by molar-refractivity contribution is 6.34. The molecule has 0 saturated heterocycles. The Morgan fingerprint density at radius 3 is 2.58 bits per heavy atom. The minimum atomic E-state index is -1.35. The number of hydrogen-bond acceptors (Lipinski definition) is 6. The Morgan fingerprint density at radius 2 is 1.96 bits per heavy atom. The van der Waals surface area contributed by atoms with E-state index in [1.54, 1.807) is 25.4 Å². The lowest BCUT2D eigenvalue weighted by atomic mass is 9.96. The van der Waals surface area contributed by atoms with Gasteiger partial charge < -0.3 is 20.9 Å². The van der Waals surface area contributed by atoms with Crippen LogP contribution in [0.25, 0.3) is 33.3 Å². The molecule has 0 radical (unpaired) electrons. The van der Waals surface area contributed by atoms with Gasteiger partial charge in [-0.3, -0.25) is 14.5 Å². The largest absolute Gasteiger partial charge is 0.383 e. The third kappa shape index (κ3) is 6.55. The number of aromatic nitrogens is 3. The highest BCUT2D eigenvalue weighted by Crippen LogP contribution is 2.45. The average Bonchev–Trinajstić information content (AvgIpc) is 3.64. The molecule has 0 bridgehead atoms. The normalized spacial score (nSPS) is 13.3. The highest BCUT2D eigenvalue weighted by atomic mass is 35.5. The minimum Gasteiger partial charge on any atom is -0.383 e. The molecule has 1 aromatic carbocycles. The van der Waals surface area contributed by atoms with E-state index < -0.39 is 11.6 Å². The van der Waals surface area contributed by atoms with Crippen molar-refractivity contribution in [3.05, 3.63) is 70.7 Å². The van der Waals surface area contributed by atoms with E-state index in [1.807, 2.05) is 55.7 Å². The third-order valence-corrected chi connectivity index (χ3v) is 7.98. The van der Waals surface area contributed by atoms with Crippen LogP contribution in [0.1, 0.15) is 41.4 Å². The van der Waals surface area contributed by atoms with Crippen molar-refractivity contribution < 1.29 is 14.0 Å². The highest BCUT2D eigenvalue weighted by Gasteiger charge is 2.43. The minimum absolute atomic E-state index is 0.00146. The number of pyridine rings is 2. The number of alkyl halides is 1. The number of nitrogens with two attached hydrogens (primary N) is 1. The number of aryl methyl sites for hydroxylation is 2. The molecule has 232 valence electrons. The van der Waals surface area contributed by atoms with E-state index in [1.165, 1.54) is 0 Å². The summed E-state index contributed by atoms with van der Waals surface area (Å²) in [4.78, 5) is 36.0. The first kappa shape index (κ1) is 31.7. The zero-order valence-electron chi connectivity index (χ0n) is 25.9. The number of amides is 2. The fourth-order valence-electron chi connectivity index (χ4n) is 5.11. The summed E-state index contributed by atoms with van der Waals surface area (Å²) < 4.78 is 16.2. The molecule has 9 nitrogen and oxygen atoms in total. The lowest BCUT2D eigenvalue weighted by Crippen LogP contribution is -2.31. The van der Waals surface area contributed by atoms with Gasteiger partial charge in [0.2, 0.25) is 0 Å². The monoisotopic (exact) mass is 627 g/mol. The van der Waals surface area contributed by atoms with Crippen LogP contribution in [0.3, 0.4) is 0 Å². The molecule has 0 spiro atoms. The quantitative estimate of drug-likeness (QED) is 0.175. The number of nitrogens with one attached hydrogen (secondary N) is 2. The van der Waals surface area contributed by atoms with Gasteiger partial charge in [-0.2, -0.15) is 0 Å². The predicted molar refractivity (Wildman–Crippen MR) is 178 cm³/mol. The van der Waals surface area contributed by atoms with Crippen molar-refractivity contribution in [1.29, 1.82) is 0 Å². The number of rotatable bonds is 8. The van der Waals surface area contributed by atoms with E-state index in [2.05, 4.69) is 39.0 Å². The Kier molecular flexibility index (Phi) is 8.70. The zero-order chi connectivity index (χ0) is 32.6. The molecule has 3 heterocycles. The molecule has 4 aromatic rings. The van der Waals surface area contributed by atoms with Crippen molar-refractivity contribution in [1.82, 2.24) is 24.8 Å². The molecule has 5 rings (SSSR count). The molecule has 1 aliphatic carbocycles. The number of anilines is 2. The molecule has 0 atom stereocenters. The maximum absolute atomic E-state index is 14.1. The van der Waals surface area contributed by atoms with Crippen LogP contribution in [-0.2, 0) is 11.8 Å². The fourth-order valence-corrected chi connectivity index (χ4v) is 5.36. The van der Waals surface area contributed by atoms with Crippen LogP contribution in [0.5, 0.6) is 0 Å². The molecule has 45 heavy (non-hydrogen) atoms. The van der Waals surface area contributed by atoms with Gasteiger partial charge in [0.15, 0.2) is 0 Å². The van der Waals surface area contributed by atoms with Crippen LogP contribution in [0.2, 0.25) is 5.02 Å². The second-order valence-electron chi connectivity index (χ2n) is 11.8. The Labute approximate surface area is 266 Å². The van der Waals surface area contributed by atoms with E-state index in [0.29, 0.717) is 58.5 Å². The summed E-state index contributed by atoms with van der Waals surface area (Å²) in [5.41, 5.74) is 11.5. The molecule has 11 heteroatoms. The maximum atomic E-state index is 14.1. The standard InChI is InChI=1S/C34H35ClFN7O2/c1-19(2)32(44)41-23-9-10-24(20(3)14-23)30-26(22-15-25(35)28(38-17-22)33(45)40-18-34(36)11-12-34)27-29(43(30)6)21(16-39-31(27)37)8-7-13-42(4)5/h9-10,14-17H,1,11-13,18H2,2-6H3,(H2,37,39)(H,40,45)(H,41,44). The summed E-state index contributed by atoms with van der Waals surface area (Å²) in [6.45, 7) is 7.78. The zero-order valence-corrected chi connectivity index (χ0v) is 26.7. The Balaban J connectivity index is 1.69. The molecule has 4 N–H and O–H groups in total. The van der Waals surface area contributed by atoms with Crippen LogP contribution < -0.4 is 16.4 Å². The first-order valence-corrected chi connectivity index (χ1v) is 14.8. The van der Waals surface area contributed by atoms with Crippen LogP contribution in [0.15, 0.2) is 48.8 Å². The van der Waals surface area contributed by atoms with Crippen LogP contribution in [-0.4, -0.2) is 64.1 Å². The number of nitrogens with zero attached hydrogens (tertiary/aromatic N) is 4. The number of fused-ring (bicyclic) bond motifs is 1. The van der Waals surface area contributed by atoms with Crippen LogP contribution in [0, 0.1) is 18.8 Å². The molecule has 1 aliphatic rings. The van der Waals surface area contributed by atoms with Crippen molar-refractivity contribution in [2.75, 3.05) is 38.2 Å². The molecular formula is C34H35ClFN7O2.